The molecule has 0 spiro atoms. The van der Waals surface area contributed by atoms with Crippen molar-refractivity contribution >= 4 is 22.6 Å². The minimum Gasteiger partial charge on any atom is -0.330 e. The number of rotatable bonds is 3. The van der Waals surface area contributed by atoms with Crippen LogP contribution in [-0.2, 0) is 0 Å². The lowest BCUT2D eigenvalue weighted by Gasteiger charge is -2.13. The molecule has 0 fully saturated rings. The zero-order valence-electron chi connectivity index (χ0n) is 5.52. The standard InChI is InChI=1S/C6H14IN/c1-5(3-7)6(2)4-8/h5-6H,3-4,8H2,1-2H3/t5?,6-/m0/s1. The van der Waals surface area contributed by atoms with Crippen molar-refractivity contribution in [2.75, 3.05) is 11.0 Å². The molecule has 2 heteroatoms. The molecule has 0 saturated heterocycles. The lowest BCUT2D eigenvalue weighted by atomic mass is 9.99. The van der Waals surface area contributed by atoms with E-state index in [9.17, 15) is 0 Å². The summed E-state index contributed by atoms with van der Waals surface area (Å²) in [5, 5.41) is 0. The highest BCUT2D eigenvalue weighted by molar-refractivity contribution is 14.1. The molecule has 0 aliphatic heterocycles. The van der Waals surface area contributed by atoms with Gasteiger partial charge in [0.15, 0.2) is 0 Å². The molecule has 0 heterocycles. The Kier molecular flexibility index (Phi) is 4.95. The molecular formula is C6H14IN. The largest absolute Gasteiger partial charge is 0.330 e. The van der Waals surface area contributed by atoms with Gasteiger partial charge in [0.25, 0.3) is 0 Å². The molecule has 50 valence electrons. The molecule has 0 aromatic carbocycles. The van der Waals surface area contributed by atoms with E-state index in [1.165, 1.54) is 4.43 Å². The second kappa shape index (κ2) is 4.56. The lowest BCUT2D eigenvalue weighted by Crippen LogP contribution is -2.18. The highest BCUT2D eigenvalue weighted by Gasteiger charge is 2.06. The van der Waals surface area contributed by atoms with Crippen molar-refractivity contribution in [1.29, 1.82) is 0 Å². The summed E-state index contributed by atoms with van der Waals surface area (Å²) in [4.78, 5) is 0. The topological polar surface area (TPSA) is 26.0 Å². The van der Waals surface area contributed by atoms with Gasteiger partial charge in [-0.1, -0.05) is 36.4 Å². The van der Waals surface area contributed by atoms with Crippen LogP contribution in [0.25, 0.3) is 0 Å². The number of halogens is 1. The maximum atomic E-state index is 5.45. The Morgan fingerprint density at radius 3 is 2.00 bits per heavy atom. The number of nitrogens with two attached hydrogens (primary N) is 1. The van der Waals surface area contributed by atoms with Crippen molar-refractivity contribution in [3.63, 3.8) is 0 Å². The van der Waals surface area contributed by atoms with Crippen LogP contribution in [-0.4, -0.2) is 11.0 Å². The summed E-state index contributed by atoms with van der Waals surface area (Å²) in [7, 11) is 0. The van der Waals surface area contributed by atoms with Gasteiger partial charge in [-0.3, -0.25) is 0 Å². The molecule has 0 bridgehead atoms. The second-order valence-electron chi connectivity index (χ2n) is 2.34. The van der Waals surface area contributed by atoms with Gasteiger partial charge in [0.2, 0.25) is 0 Å². The Labute approximate surface area is 65.2 Å². The van der Waals surface area contributed by atoms with E-state index in [-0.39, 0.29) is 0 Å². The lowest BCUT2D eigenvalue weighted by molar-refractivity contribution is 0.441. The van der Waals surface area contributed by atoms with E-state index in [2.05, 4.69) is 36.4 Å². The predicted octanol–water partition coefficient (Wildman–Crippen LogP) is 1.65. The molecule has 0 aliphatic carbocycles. The number of hydrogen-bond acceptors (Lipinski definition) is 1. The molecule has 8 heavy (non-hydrogen) atoms. The van der Waals surface area contributed by atoms with E-state index < -0.39 is 0 Å². The van der Waals surface area contributed by atoms with Crippen LogP contribution in [0.4, 0.5) is 0 Å². The zero-order chi connectivity index (χ0) is 6.57. The van der Waals surface area contributed by atoms with E-state index in [0.717, 1.165) is 12.5 Å². The number of alkyl halides is 1. The van der Waals surface area contributed by atoms with Crippen LogP contribution in [0, 0.1) is 11.8 Å². The Morgan fingerprint density at radius 2 is 1.88 bits per heavy atom. The molecule has 2 atom stereocenters. The predicted molar refractivity (Wildman–Crippen MR) is 46.3 cm³/mol. The Bertz CT molecular complexity index is 48.5. The van der Waals surface area contributed by atoms with Gasteiger partial charge in [0, 0.05) is 4.43 Å². The van der Waals surface area contributed by atoms with Crippen molar-refractivity contribution in [2.45, 2.75) is 13.8 Å². The molecule has 0 radical (unpaired) electrons. The average Bonchev–Trinajstić information content (AvgIpc) is 1.84. The van der Waals surface area contributed by atoms with Crippen LogP contribution in [0.5, 0.6) is 0 Å². The van der Waals surface area contributed by atoms with Crippen LogP contribution in [0.3, 0.4) is 0 Å². The van der Waals surface area contributed by atoms with Crippen LogP contribution in [0.1, 0.15) is 13.8 Å². The Morgan fingerprint density at radius 1 is 1.38 bits per heavy atom. The Hall–Kier alpha value is 0.690. The SMILES string of the molecule is CC(CI)[C@@H](C)CN. The molecule has 0 aliphatic rings. The monoisotopic (exact) mass is 227 g/mol. The fraction of sp³-hybridized carbons (Fsp3) is 1.00. The van der Waals surface area contributed by atoms with Gasteiger partial charge < -0.3 is 5.73 Å². The molecule has 1 unspecified atom stereocenters. The molecule has 0 aromatic rings. The Balaban J connectivity index is 3.29. The molecule has 1 nitrogen and oxygen atoms in total. The van der Waals surface area contributed by atoms with Crippen LogP contribution >= 0.6 is 22.6 Å². The van der Waals surface area contributed by atoms with Crippen LogP contribution in [0.2, 0.25) is 0 Å². The van der Waals surface area contributed by atoms with Crippen LogP contribution < -0.4 is 5.73 Å². The van der Waals surface area contributed by atoms with E-state index in [0.29, 0.717) is 5.92 Å². The van der Waals surface area contributed by atoms with Gasteiger partial charge in [-0.25, -0.2) is 0 Å². The third-order valence-corrected chi connectivity index (χ3v) is 2.98. The number of hydrogen-bond donors (Lipinski definition) is 1. The molecule has 0 amide bonds. The van der Waals surface area contributed by atoms with Gasteiger partial charge in [-0.2, -0.15) is 0 Å². The van der Waals surface area contributed by atoms with Gasteiger partial charge in [-0.15, -0.1) is 0 Å². The van der Waals surface area contributed by atoms with E-state index in [4.69, 9.17) is 5.73 Å². The molecule has 0 aromatic heterocycles. The van der Waals surface area contributed by atoms with Gasteiger partial charge in [-0.05, 0) is 18.4 Å². The van der Waals surface area contributed by atoms with Crippen molar-refractivity contribution in [1.82, 2.24) is 0 Å². The summed E-state index contributed by atoms with van der Waals surface area (Å²) in [6.45, 7) is 5.26. The van der Waals surface area contributed by atoms with Crippen molar-refractivity contribution < 1.29 is 0 Å². The maximum Gasteiger partial charge on any atom is 0.00240 e. The molecule has 2 N–H and O–H groups in total. The first-order valence-electron chi connectivity index (χ1n) is 2.98. The minimum atomic E-state index is 0.687. The zero-order valence-corrected chi connectivity index (χ0v) is 7.68. The second-order valence-corrected chi connectivity index (χ2v) is 3.23. The molecule has 0 rings (SSSR count). The van der Waals surface area contributed by atoms with Crippen molar-refractivity contribution in [2.24, 2.45) is 17.6 Å². The fourth-order valence-corrected chi connectivity index (χ4v) is 1.25. The first kappa shape index (κ1) is 8.69. The fourth-order valence-electron chi connectivity index (χ4n) is 0.384. The minimum absolute atomic E-state index is 0.687. The summed E-state index contributed by atoms with van der Waals surface area (Å²) < 4.78 is 1.22. The summed E-state index contributed by atoms with van der Waals surface area (Å²) in [6.07, 6.45) is 0. The third-order valence-electron chi connectivity index (χ3n) is 1.59. The first-order valence-corrected chi connectivity index (χ1v) is 4.51. The summed E-state index contributed by atoms with van der Waals surface area (Å²) in [5.41, 5.74) is 5.45. The summed E-state index contributed by atoms with van der Waals surface area (Å²) in [5.74, 6) is 1.47. The van der Waals surface area contributed by atoms with Gasteiger partial charge in [0.1, 0.15) is 0 Å². The summed E-state index contributed by atoms with van der Waals surface area (Å²) >= 11 is 2.40. The third kappa shape index (κ3) is 2.87. The smallest absolute Gasteiger partial charge is 0.00240 e. The van der Waals surface area contributed by atoms with E-state index in [1.54, 1.807) is 0 Å². The normalized spacial score (nSPS) is 18.0. The maximum absolute atomic E-state index is 5.45. The molecule has 0 saturated carbocycles. The highest BCUT2D eigenvalue weighted by Crippen LogP contribution is 2.11. The first-order chi connectivity index (χ1) is 3.72. The summed E-state index contributed by atoms with van der Waals surface area (Å²) in [6, 6.07) is 0. The highest BCUT2D eigenvalue weighted by atomic mass is 127. The van der Waals surface area contributed by atoms with E-state index >= 15 is 0 Å². The quantitative estimate of drug-likeness (QED) is 0.575. The van der Waals surface area contributed by atoms with Crippen molar-refractivity contribution in [3.8, 4) is 0 Å². The van der Waals surface area contributed by atoms with Gasteiger partial charge in [0.05, 0.1) is 0 Å². The van der Waals surface area contributed by atoms with Crippen LogP contribution in [0.15, 0.2) is 0 Å². The van der Waals surface area contributed by atoms with Crippen molar-refractivity contribution in [3.05, 3.63) is 0 Å². The average molecular weight is 227 g/mol. The molecular weight excluding hydrogens is 213 g/mol. The van der Waals surface area contributed by atoms with Gasteiger partial charge >= 0.3 is 0 Å². The van der Waals surface area contributed by atoms with E-state index in [1.807, 2.05) is 0 Å².